The number of hydrogen-bond acceptors (Lipinski definition) is 5. The van der Waals surface area contributed by atoms with Crippen LogP contribution in [-0.4, -0.2) is 55.2 Å². The highest BCUT2D eigenvalue weighted by Gasteiger charge is 2.43. The number of benzene rings is 1. The summed E-state index contributed by atoms with van der Waals surface area (Å²) >= 11 is 0. The van der Waals surface area contributed by atoms with Crippen molar-refractivity contribution in [2.45, 2.75) is 44.0 Å². The quantitative estimate of drug-likeness (QED) is 0.723. The Balaban J connectivity index is 1.50. The minimum atomic E-state index is -0.274. The molecule has 7 heteroatoms. The molecule has 3 N–H and O–H groups in total. The molecule has 1 aromatic rings. The fourth-order valence-corrected chi connectivity index (χ4v) is 4.28. The number of piperidine rings is 1. The average Bonchev–Trinajstić information content (AvgIpc) is 3.30. The minimum absolute atomic E-state index is 0.0634. The van der Waals surface area contributed by atoms with E-state index in [1.807, 2.05) is 11.0 Å². The zero-order valence-electron chi connectivity index (χ0n) is 14.9. The van der Waals surface area contributed by atoms with Gasteiger partial charge in [0.15, 0.2) is 0 Å². The maximum absolute atomic E-state index is 13.6. The van der Waals surface area contributed by atoms with Gasteiger partial charge in [-0.15, -0.1) is 0 Å². The first kappa shape index (κ1) is 17.9. The molecule has 142 valence electrons. The van der Waals surface area contributed by atoms with Crippen molar-refractivity contribution in [2.75, 3.05) is 26.2 Å². The zero-order valence-corrected chi connectivity index (χ0v) is 14.9. The molecule has 4 atom stereocenters. The maximum Gasteiger partial charge on any atom is 0.241 e. The Kier molecular flexibility index (Phi) is 5.49. The first-order valence-electron chi connectivity index (χ1n) is 9.57. The van der Waals surface area contributed by atoms with Gasteiger partial charge >= 0.3 is 0 Å². The van der Waals surface area contributed by atoms with Crippen molar-refractivity contribution in [3.8, 4) is 0 Å². The summed E-state index contributed by atoms with van der Waals surface area (Å²) < 4.78 is 19.3. The van der Waals surface area contributed by atoms with Gasteiger partial charge in [-0.1, -0.05) is 12.1 Å². The second kappa shape index (κ2) is 8.00. The Morgan fingerprint density at radius 3 is 3.04 bits per heavy atom. The third-order valence-electron chi connectivity index (χ3n) is 5.67. The highest BCUT2D eigenvalue weighted by atomic mass is 19.1. The lowest BCUT2D eigenvalue weighted by atomic mass is 9.88. The van der Waals surface area contributed by atoms with Crippen molar-refractivity contribution < 1.29 is 13.9 Å². The Morgan fingerprint density at radius 1 is 1.31 bits per heavy atom. The van der Waals surface area contributed by atoms with Crippen molar-refractivity contribution >= 4 is 5.91 Å². The summed E-state index contributed by atoms with van der Waals surface area (Å²) in [4.78, 5) is 15.2. The molecule has 1 amide bonds. The van der Waals surface area contributed by atoms with Gasteiger partial charge in [-0.3, -0.25) is 10.2 Å². The number of carbonyl (C=O) groups excluding carboxylic acids is 1. The van der Waals surface area contributed by atoms with E-state index in [9.17, 15) is 9.18 Å². The van der Waals surface area contributed by atoms with Crippen LogP contribution in [0.5, 0.6) is 0 Å². The van der Waals surface area contributed by atoms with Gasteiger partial charge in [0.05, 0.1) is 6.10 Å². The lowest BCUT2D eigenvalue weighted by Gasteiger charge is -2.32. The lowest BCUT2D eigenvalue weighted by molar-refractivity contribution is -0.136. The van der Waals surface area contributed by atoms with Gasteiger partial charge in [0.1, 0.15) is 11.9 Å². The zero-order chi connectivity index (χ0) is 17.9. The van der Waals surface area contributed by atoms with E-state index in [0.29, 0.717) is 19.1 Å². The molecule has 0 spiro atoms. The Bertz CT molecular complexity index is 638. The largest absolute Gasteiger partial charge is 0.376 e. The second-order valence-corrected chi connectivity index (χ2v) is 7.51. The summed E-state index contributed by atoms with van der Waals surface area (Å²) in [5.41, 5.74) is 7.29. The van der Waals surface area contributed by atoms with Gasteiger partial charge in [0.25, 0.3) is 0 Å². The number of hydrazine groups is 1. The first-order chi connectivity index (χ1) is 12.7. The monoisotopic (exact) mass is 362 g/mol. The number of amides is 1. The number of hydrogen-bond donors (Lipinski definition) is 3. The second-order valence-electron chi connectivity index (χ2n) is 7.51. The van der Waals surface area contributed by atoms with Crippen LogP contribution in [0.15, 0.2) is 24.3 Å². The predicted octanol–water partition coefficient (Wildman–Crippen LogP) is 0.788. The fraction of sp³-hybridized carbons (Fsp3) is 0.632. The van der Waals surface area contributed by atoms with E-state index in [1.54, 1.807) is 6.07 Å². The molecule has 3 saturated heterocycles. The molecule has 1 aromatic carbocycles. The molecule has 26 heavy (non-hydrogen) atoms. The van der Waals surface area contributed by atoms with E-state index in [0.717, 1.165) is 44.5 Å². The molecule has 3 fully saturated rings. The molecule has 0 aromatic heterocycles. The Hall–Kier alpha value is -1.54. The van der Waals surface area contributed by atoms with Crippen LogP contribution in [0.1, 0.15) is 24.8 Å². The standard InChI is InChI=1S/C19H27FN4O2/c20-14-4-1-3-13(9-14)11-24(12-15-5-2-8-26-15)19(25)18-16-10-21-7-6-17(16)22-23-18/h1,3-4,9,15-18,21-23H,2,5-8,10-12H2. The molecule has 3 aliphatic rings. The highest BCUT2D eigenvalue weighted by molar-refractivity contribution is 5.82. The van der Waals surface area contributed by atoms with Gasteiger partial charge in [-0.2, -0.15) is 0 Å². The maximum atomic E-state index is 13.6. The first-order valence-corrected chi connectivity index (χ1v) is 9.57. The van der Waals surface area contributed by atoms with Crippen LogP contribution in [0.2, 0.25) is 0 Å². The van der Waals surface area contributed by atoms with E-state index in [-0.39, 0.29) is 29.8 Å². The van der Waals surface area contributed by atoms with Crippen molar-refractivity contribution in [3.05, 3.63) is 35.6 Å². The smallest absolute Gasteiger partial charge is 0.241 e. The number of ether oxygens (including phenoxy) is 1. The summed E-state index contributed by atoms with van der Waals surface area (Å²) in [5, 5.41) is 3.39. The van der Waals surface area contributed by atoms with Crippen molar-refractivity contribution in [2.24, 2.45) is 5.92 Å². The molecule has 0 radical (unpaired) electrons. The molecule has 0 aliphatic carbocycles. The lowest BCUT2D eigenvalue weighted by Crippen LogP contribution is -2.51. The molecular formula is C19H27FN4O2. The van der Waals surface area contributed by atoms with Crippen molar-refractivity contribution in [1.29, 1.82) is 0 Å². The SMILES string of the molecule is O=C(C1NNC2CCNCC21)N(Cc1cccc(F)c1)CC1CCCO1. The molecule has 4 rings (SSSR count). The van der Waals surface area contributed by atoms with Crippen LogP contribution < -0.4 is 16.2 Å². The summed E-state index contributed by atoms with van der Waals surface area (Å²) in [7, 11) is 0. The normalized spacial score (nSPS) is 31.0. The minimum Gasteiger partial charge on any atom is -0.376 e. The van der Waals surface area contributed by atoms with Crippen LogP contribution >= 0.6 is 0 Å². The van der Waals surface area contributed by atoms with Gasteiger partial charge < -0.3 is 15.0 Å². The van der Waals surface area contributed by atoms with Crippen molar-refractivity contribution in [3.63, 3.8) is 0 Å². The summed E-state index contributed by atoms with van der Waals surface area (Å²) in [6.45, 7) is 3.51. The van der Waals surface area contributed by atoms with Gasteiger partial charge in [-0.25, -0.2) is 9.82 Å². The number of fused-ring (bicyclic) bond motifs is 1. The molecule has 0 saturated carbocycles. The van der Waals surface area contributed by atoms with Gasteiger partial charge in [0, 0.05) is 38.2 Å². The molecule has 0 bridgehead atoms. The van der Waals surface area contributed by atoms with E-state index in [1.165, 1.54) is 12.1 Å². The summed E-state index contributed by atoms with van der Waals surface area (Å²) in [6, 6.07) is 6.55. The molecule has 3 heterocycles. The van der Waals surface area contributed by atoms with Crippen molar-refractivity contribution in [1.82, 2.24) is 21.1 Å². The van der Waals surface area contributed by atoms with Gasteiger partial charge in [0.2, 0.25) is 5.91 Å². The van der Waals surface area contributed by atoms with Crippen LogP contribution in [-0.2, 0) is 16.1 Å². The van der Waals surface area contributed by atoms with Gasteiger partial charge in [-0.05, 0) is 43.5 Å². The molecule has 6 nitrogen and oxygen atoms in total. The Morgan fingerprint density at radius 2 is 2.23 bits per heavy atom. The van der Waals surface area contributed by atoms with Crippen LogP contribution in [0.3, 0.4) is 0 Å². The molecule has 4 unspecified atom stereocenters. The van der Waals surface area contributed by atoms with Crippen LogP contribution in [0.4, 0.5) is 4.39 Å². The average molecular weight is 362 g/mol. The third-order valence-corrected chi connectivity index (χ3v) is 5.67. The Labute approximate surface area is 153 Å². The third kappa shape index (κ3) is 3.91. The predicted molar refractivity (Wildman–Crippen MR) is 95.6 cm³/mol. The van der Waals surface area contributed by atoms with E-state index in [4.69, 9.17) is 4.74 Å². The number of halogens is 1. The van der Waals surface area contributed by atoms with E-state index >= 15 is 0 Å². The van der Waals surface area contributed by atoms with Crippen LogP contribution in [0.25, 0.3) is 0 Å². The summed E-state index contributed by atoms with van der Waals surface area (Å²) in [6.07, 6.45) is 3.08. The number of rotatable bonds is 5. The number of carbonyl (C=O) groups is 1. The molecular weight excluding hydrogens is 335 g/mol. The van der Waals surface area contributed by atoms with E-state index in [2.05, 4.69) is 16.2 Å². The number of nitrogens with zero attached hydrogens (tertiary/aromatic N) is 1. The summed E-state index contributed by atoms with van der Waals surface area (Å²) in [5.74, 6) is 0.0217. The topological polar surface area (TPSA) is 65.6 Å². The van der Waals surface area contributed by atoms with E-state index < -0.39 is 0 Å². The number of nitrogens with one attached hydrogen (secondary N) is 3. The highest BCUT2D eigenvalue weighted by Crippen LogP contribution is 2.23. The fourth-order valence-electron chi connectivity index (χ4n) is 4.28. The molecule has 3 aliphatic heterocycles. The van der Waals surface area contributed by atoms with Crippen LogP contribution in [0, 0.1) is 11.7 Å².